The highest BCUT2D eigenvalue weighted by Gasteiger charge is 2.35. The molecule has 3 nitrogen and oxygen atoms in total. The van der Waals surface area contributed by atoms with Crippen molar-refractivity contribution in [2.75, 3.05) is 10.2 Å². The molecule has 1 unspecified atom stereocenters. The lowest BCUT2D eigenvalue weighted by Gasteiger charge is -2.31. The molecule has 0 aliphatic carbocycles. The summed E-state index contributed by atoms with van der Waals surface area (Å²) in [5.41, 5.74) is 8.63. The van der Waals surface area contributed by atoms with E-state index >= 15 is 0 Å². The average molecular weight is 562 g/mol. The highest BCUT2D eigenvalue weighted by atomic mass is 32.1. The van der Waals surface area contributed by atoms with Gasteiger partial charge in [0.15, 0.2) is 0 Å². The van der Waals surface area contributed by atoms with Gasteiger partial charge < -0.3 is 10.2 Å². The highest BCUT2D eigenvalue weighted by Crippen LogP contribution is 2.53. The van der Waals surface area contributed by atoms with Crippen LogP contribution in [-0.4, -0.2) is 4.98 Å². The SMILES string of the molecule is CC(C)(C)c1ccc(N2c3ccc4ccccc4c3NC2c2cccc3c2sc2ncccc23)c(-c2ccccc2)c1. The Kier molecular flexibility index (Phi) is 5.63. The number of anilines is 3. The van der Waals surface area contributed by atoms with Gasteiger partial charge in [0, 0.05) is 38.2 Å². The summed E-state index contributed by atoms with van der Waals surface area (Å²) in [6.45, 7) is 6.86. The van der Waals surface area contributed by atoms with E-state index in [0.717, 1.165) is 4.83 Å². The van der Waals surface area contributed by atoms with Crippen LogP contribution in [0.25, 0.3) is 42.2 Å². The summed E-state index contributed by atoms with van der Waals surface area (Å²) in [5, 5.41) is 8.96. The standard InChI is InChI=1S/C38H31N3S/c1-38(2,3)26-19-21-32(31(23-26)24-11-5-4-6-12-24)41-33-20-18-25-13-7-8-14-27(25)34(33)40-36(41)30-16-9-15-28-29-17-10-22-39-37(29)42-35(28)30/h4-23,36,40H,1-3H3. The van der Waals surface area contributed by atoms with Crippen LogP contribution in [0.1, 0.15) is 38.1 Å². The number of nitrogens with one attached hydrogen (secondary N) is 1. The molecular weight excluding hydrogens is 531 g/mol. The summed E-state index contributed by atoms with van der Waals surface area (Å²) in [6, 6.07) is 42.0. The number of rotatable bonds is 3. The number of aromatic nitrogens is 1. The zero-order valence-electron chi connectivity index (χ0n) is 23.9. The summed E-state index contributed by atoms with van der Waals surface area (Å²) in [6.07, 6.45) is 1.80. The van der Waals surface area contributed by atoms with Crippen LogP contribution in [0, 0.1) is 0 Å². The van der Waals surface area contributed by atoms with E-state index in [-0.39, 0.29) is 11.6 Å². The molecule has 5 aromatic carbocycles. The number of fused-ring (bicyclic) bond motifs is 6. The molecule has 1 aliphatic rings. The fraction of sp³-hybridized carbons (Fsp3) is 0.132. The second-order valence-electron chi connectivity index (χ2n) is 12.1. The van der Waals surface area contributed by atoms with Crippen LogP contribution in [0.15, 0.2) is 121 Å². The van der Waals surface area contributed by atoms with Gasteiger partial charge in [0.1, 0.15) is 11.0 Å². The number of hydrogen-bond acceptors (Lipinski definition) is 4. The molecule has 0 amide bonds. The van der Waals surface area contributed by atoms with Crippen molar-refractivity contribution in [3.63, 3.8) is 0 Å². The van der Waals surface area contributed by atoms with Crippen molar-refractivity contribution in [1.29, 1.82) is 0 Å². The molecular formula is C38H31N3S. The third-order valence-electron chi connectivity index (χ3n) is 8.51. The van der Waals surface area contributed by atoms with Crippen LogP contribution in [-0.2, 0) is 5.41 Å². The Hall–Kier alpha value is -4.67. The predicted molar refractivity (Wildman–Crippen MR) is 180 cm³/mol. The van der Waals surface area contributed by atoms with Crippen molar-refractivity contribution in [2.24, 2.45) is 0 Å². The smallest absolute Gasteiger partial charge is 0.132 e. The summed E-state index contributed by atoms with van der Waals surface area (Å²) in [5.74, 6) is 0. The number of nitrogens with zero attached hydrogens (tertiary/aromatic N) is 2. The van der Waals surface area contributed by atoms with Crippen LogP contribution >= 0.6 is 11.3 Å². The Morgan fingerprint density at radius 2 is 1.48 bits per heavy atom. The second kappa shape index (κ2) is 9.43. The Labute approximate surface area is 250 Å². The monoisotopic (exact) mass is 561 g/mol. The fourth-order valence-electron chi connectivity index (χ4n) is 6.37. The molecule has 204 valence electrons. The first kappa shape index (κ1) is 25.1. The predicted octanol–water partition coefficient (Wildman–Crippen LogP) is 10.8. The van der Waals surface area contributed by atoms with Gasteiger partial charge in [-0.3, -0.25) is 0 Å². The lowest BCUT2D eigenvalue weighted by Crippen LogP contribution is -2.24. The lowest BCUT2D eigenvalue weighted by molar-refractivity contribution is 0.590. The molecule has 1 atom stereocenters. The minimum absolute atomic E-state index is 0.0362. The van der Waals surface area contributed by atoms with Crippen molar-refractivity contribution in [3.05, 3.63) is 133 Å². The van der Waals surface area contributed by atoms with E-state index in [1.807, 2.05) is 12.3 Å². The number of pyridine rings is 1. The van der Waals surface area contributed by atoms with E-state index < -0.39 is 0 Å². The number of thiophene rings is 1. The number of hydrogen-bond donors (Lipinski definition) is 1. The van der Waals surface area contributed by atoms with Crippen molar-refractivity contribution in [2.45, 2.75) is 32.4 Å². The van der Waals surface area contributed by atoms with E-state index in [0.29, 0.717) is 0 Å². The second-order valence-corrected chi connectivity index (χ2v) is 13.1. The van der Waals surface area contributed by atoms with Gasteiger partial charge in [-0.2, -0.15) is 0 Å². The topological polar surface area (TPSA) is 28.2 Å². The quantitative estimate of drug-likeness (QED) is 0.233. The molecule has 42 heavy (non-hydrogen) atoms. The molecule has 4 heteroatoms. The van der Waals surface area contributed by atoms with E-state index in [4.69, 9.17) is 4.98 Å². The Bertz CT molecular complexity index is 2120. The Morgan fingerprint density at radius 1 is 0.714 bits per heavy atom. The van der Waals surface area contributed by atoms with Crippen LogP contribution in [0.4, 0.5) is 17.1 Å². The number of benzene rings is 5. The summed E-state index contributed by atoms with van der Waals surface area (Å²) < 4.78 is 1.28. The molecule has 2 aromatic heterocycles. The molecule has 3 heterocycles. The Balaban J connectivity index is 1.42. The van der Waals surface area contributed by atoms with E-state index in [2.05, 4.69) is 140 Å². The van der Waals surface area contributed by atoms with Crippen LogP contribution in [0.5, 0.6) is 0 Å². The maximum absolute atomic E-state index is 4.71. The van der Waals surface area contributed by atoms with Crippen LogP contribution in [0.3, 0.4) is 0 Å². The first-order valence-electron chi connectivity index (χ1n) is 14.5. The summed E-state index contributed by atoms with van der Waals surface area (Å²) in [7, 11) is 0. The third kappa shape index (κ3) is 3.90. The van der Waals surface area contributed by atoms with E-state index in [1.165, 1.54) is 65.6 Å². The highest BCUT2D eigenvalue weighted by molar-refractivity contribution is 7.25. The van der Waals surface area contributed by atoms with Gasteiger partial charge in [0.25, 0.3) is 0 Å². The van der Waals surface area contributed by atoms with Crippen molar-refractivity contribution in [3.8, 4) is 11.1 Å². The van der Waals surface area contributed by atoms with E-state index in [1.54, 1.807) is 11.3 Å². The first-order chi connectivity index (χ1) is 20.5. The fourth-order valence-corrected chi connectivity index (χ4v) is 7.55. The van der Waals surface area contributed by atoms with Crippen molar-refractivity contribution >= 4 is 59.5 Å². The minimum Gasteiger partial charge on any atom is -0.359 e. The largest absolute Gasteiger partial charge is 0.359 e. The summed E-state index contributed by atoms with van der Waals surface area (Å²) in [4.78, 5) is 8.31. The maximum Gasteiger partial charge on any atom is 0.132 e. The molecule has 1 N–H and O–H groups in total. The molecule has 0 saturated carbocycles. The normalized spacial score (nSPS) is 14.9. The average Bonchev–Trinajstić information content (AvgIpc) is 3.60. The molecule has 0 saturated heterocycles. The molecule has 0 spiro atoms. The molecule has 0 radical (unpaired) electrons. The van der Waals surface area contributed by atoms with Crippen LogP contribution in [0.2, 0.25) is 0 Å². The molecule has 0 fully saturated rings. The van der Waals surface area contributed by atoms with Crippen molar-refractivity contribution < 1.29 is 0 Å². The zero-order chi connectivity index (χ0) is 28.4. The van der Waals surface area contributed by atoms with Gasteiger partial charge in [0.2, 0.25) is 0 Å². The molecule has 8 rings (SSSR count). The van der Waals surface area contributed by atoms with Gasteiger partial charge in [-0.05, 0) is 52.3 Å². The summed E-state index contributed by atoms with van der Waals surface area (Å²) >= 11 is 1.78. The van der Waals surface area contributed by atoms with Crippen LogP contribution < -0.4 is 10.2 Å². The lowest BCUT2D eigenvalue weighted by atomic mass is 9.84. The van der Waals surface area contributed by atoms with Gasteiger partial charge in [0.05, 0.1) is 17.1 Å². The third-order valence-corrected chi connectivity index (χ3v) is 9.69. The zero-order valence-corrected chi connectivity index (χ0v) is 24.7. The van der Waals surface area contributed by atoms with Gasteiger partial charge in [-0.25, -0.2) is 4.98 Å². The van der Waals surface area contributed by atoms with E-state index in [9.17, 15) is 0 Å². The van der Waals surface area contributed by atoms with Gasteiger partial charge in [-0.1, -0.05) is 106 Å². The molecule has 0 bridgehead atoms. The Morgan fingerprint density at radius 3 is 2.33 bits per heavy atom. The maximum atomic E-state index is 4.71. The van der Waals surface area contributed by atoms with Gasteiger partial charge >= 0.3 is 0 Å². The molecule has 1 aliphatic heterocycles. The molecule has 7 aromatic rings. The minimum atomic E-state index is -0.0921. The van der Waals surface area contributed by atoms with Crippen molar-refractivity contribution in [1.82, 2.24) is 4.98 Å². The van der Waals surface area contributed by atoms with Gasteiger partial charge in [-0.15, -0.1) is 11.3 Å². The first-order valence-corrected chi connectivity index (χ1v) is 15.3.